The fourth-order valence-electron chi connectivity index (χ4n) is 0.224. The standard InChI is InChI=1S/C5H13N.2C4H10/c1-4-6(3)5-2;1-4(2)3;1-3-4-2/h4-5H2,1-3H3;4H,1-3H3;3-4H2,1-2H3. The van der Waals surface area contributed by atoms with Gasteiger partial charge < -0.3 is 4.90 Å². The lowest BCUT2D eigenvalue weighted by molar-refractivity contribution is 0.373. The summed E-state index contributed by atoms with van der Waals surface area (Å²) in [5, 5.41) is 0. The third-order valence-corrected chi connectivity index (χ3v) is 1.58. The normalized spacial score (nSPS) is 9.00. The zero-order chi connectivity index (χ0) is 12.0. The highest BCUT2D eigenvalue weighted by atomic mass is 15.1. The van der Waals surface area contributed by atoms with Crippen molar-refractivity contribution in [2.45, 2.75) is 61.3 Å². The zero-order valence-electron chi connectivity index (χ0n) is 11.9. The smallest absolute Gasteiger partial charge is 0.00504 e. The molecule has 0 aliphatic carbocycles. The van der Waals surface area contributed by atoms with Gasteiger partial charge in [-0.05, 0) is 26.1 Å². The summed E-state index contributed by atoms with van der Waals surface area (Å²) in [6.45, 7) is 17.5. The summed E-state index contributed by atoms with van der Waals surface area (Å²) in [5.41, 5.74) is 0. The third kappa shape index (κ3) is 58.4. The molecule has 14 heavy (non-hydrogen) atoms. The van der Waals surface area contributed by atoms with Crippen LogP contribution in [0.1, 0.15) is 61.3 Å². The molecule has 0 saturated heterocycles. The van der Waals surface area contributed by atoms with E-state index in [0.29, 0.717) is 0 Å². The van der Waals surface area contributed by atoms with Crippen molar-refractivity contribution in [1.82, 2.24) is 4.90 Å². The van der Waals surface area contributed by atoms with Gasteiger partial charge >= 0.3 is 0 Å². The van der Waals surface area contributed by atoms with Gasteiger partial charge in [0.2, 0.25) is 0 Å². The summed E-state index contributed by atoms with van der Waals surface area (Å²) in [4.78, 5) is 2.25. The lowest BCUT2D eigenvalue weighted by atomic mass is 10.3. The van der Waals surface area contributed by atoms with Crippen molar-refractivity contribution in [2.24, 2.45) is 5.92 Å². The summed E-state index contributed by atoms with van der Waals surface area (Å²) < 4.78 is 0. The molecule has 0 aromatic carbocycles. The van der Waals surface area contributed by atoms with E-state index in [4.69, 9.17) is 0 Å². The van der Waals surface area contributed by atoms with Gasteiger partial charge in [0.1, 0.15) is 0 Å². The van der Waals surface area contributed by atoms with E-state index in [1.54, 1.807) is 0 Å². The fourth-order valence-corrected chi connectivity index (χ4v) is 0.224. The largest absolute Gasteiger partial charge is 0.307 e. The second-order valence-corrected chi connectivity index (χ2v) is 4.22. The lowest BCUT2D eigenvalue weighted by Gasteiger charge is -2.07. The average molecular weight is 203 g/mol. The Morgan fingerprint density at radius 2 is 1.00 bits per heavy atom. The van der Waals surface area contributed by atoms with Crippen LogP contribution in [-0.2, 0) is 0 Å². The molecule has 0 bridgehead atoms. The second-order valence-electron chi connectivity index (χ2n) is 4.22. The summed E-state index contributed by atoms with van der Waals surface area (Å²) in [6, 6.07) is 0. The van der Waals surface area contributed by atoms with Crippen LogP contribution in [0.4, 0.5) is 0 Å². The molecule has 0 aromatic rings. The highest BCUT2D eigenvalue weighted by Crippen LogP contribution is 1.81. The van der Waals surface area contributed by atoms with Gasteiger partial charge in [-0.2, -0.15) is 0 Å². The van der Waals surface area contributed by atoms with E-state index in [2.05, 4.69) is 60.4 Å². The van der Waals surface area contributed by atoms with Crippen molar-refractivity contribution in [3.8, 4) is 0 Å². The van der Waals surface area contributed by atoms with Gasteiger partial charge in [0.05, 0.1) is 0 Å². The van der Waals surface area contributed by atoms with E-state index in [9.17, 15) is 0 Å². The lowest BCUT2D eigenvalue weighted by Crippen LogP contribution is -2.15. The number of rotatable bonds is 3. The van der Waals surface area contributed by atoms with Crippen LogP contribution in [-0.4, -0.2) is 25.0 Å². The summed E-state index contributed by atoms with van der Waals surface area (Å²) in [5.74, 6) is 0.833. The van der Waals surface area contributed by atoms with E-state index in [1.807, 2.05) is 0 Å². The topological polar surface area (TPSA) is 3.24 Å². The Bertz CT molecular complexity index is 60.9. The van der Waals surface area contributed by atoms with Gasteiger partial charge in [-0.15, -0.1) is 0 Å². The predicted molar refractivity (Wildman–Crippen MR) is 69.9 cm³/mol. The Labute approximate surface area is 92.9 Å². The Morgan fingerprint density at radius 1 is 0.786 bits per heavy atom. The van der Waals surface area contributed by atoms with Gasteiger partial charge in [-0.3, -0.25) is 0 Å². The first-order valence-corrected chi connectivity index (χ1v) is 6.14. The minimum atomic E-state index is 0.833. The molecule has 0 fully saturated rings. The Morgan fingerprint density at radius 3 is 1.00 bits per heavy atom. The SMILES string of the molecule is CC(C)C.CCCC.CCN(C)CC. The molecule has 0 aliphatic rings. The van der Waals surface area contributed by atoms with Crippen molar-refractivity contribution < 1.29 is 0 Å². The van der Waals surface area contributed by atoms with Gasteiger partial charge in [0.25, 0.3) is 0 Å². The molecular weight excluding hydrogens is 170 g/mol. The minimum Gasteiger partial charge on any atom is -0.307 e. The van der Waals surface area contributed by atoms with Gasteiger partial charge in [0.15, 0.2) is 0 Å². The van der Waals surface area contributed by atoms with E-state index in [1.165, 1.54) is 12.8 Å². The van der Waals surface area contributed by atoms with Gasteiger partial charge in [-0.1, -0.05) is 61.3 Å². The van der Waals surface area contributed by atoms with Crippen LogP contribution in [0, 0.1) is 5.92 Å². The number of unbranched alkanes of at least 4 members (excludes halogenated alkanes) is 1. The first-order valence-electron chi connectivity index (χ1n) is 6.14. The first-order chi connectivity index (χ1) is 6.45. The molecule has 0 heterocycles. The molecular formula is C13H33N. The van der Waals surface area contributed by atoms with Crippen LogP contribution in [0.25, 0.3) is 0 Å². The van der Waals surface area contributed by atoms with Crippen LogP contribution in [0.2, 0.25) is 0 Å². The van der Waals surface area contributed by atoms with Gasteiger partial charge in [0, 0.05) is 0 Å². The van der Waals surface area contributed by atoms with E-state index in [-0.39, 0.29) is 0 Å². The molecule has 0 amide bonds. The van der Waals surface area contributed by atoms with E-state index < -0.39 is 0 Å². The molecule has 1 heteroatoms. The quantitative estimate of drug-likeness (QED) is 0.656. The molecule has 0 aliphatic heterocycles. The van der Waals surface area contributed by atoms with Crippen LogP contribution < -0.4 is 0 Å². The maximum atomic E-state index is 2.25. The maximum Gasteiger partial charge on any atom is -0.00504 e. The fraction of sp³-hybridized carbons (Fsp3) is 1.00. The van der Waals surface area contributed by atoms with Crippen molar-refractivity contribution in [2.75, 3.05) is 20.1 Å². The Balaban J connectivity index is -0.000000135. The monoisotopic (exact) mass is 203 g/mol. The minimum absolute atomic E-state index is 0.833. The van der Waals surface area contributed by atoms with E-state index in [0.717, 1.165) is 19.0 Å². The van der Waals surface area contributed by atoms with Crippen LogP contribution in [0.15, 0.2) is 0 Å². The molecule has 90 valence electrons. The highest BCUT2D eigenvalue weighted by Gasteiger charge is 1.81. The van der Waals surface area contributed by atoms with Crippen molar-refractivity contribution in [3.63, 3.8) is 0 Å². The molecule has 0 N–H and O–H groups in total. The second kappa shape index (κ2) is 18.7. The number of hydrogen-bond acceptors (Lipinski definition) is 1. The Hall–Kier alpha value is -0.0400. The van der Waals surface area contributed by atoms with Crippen LogP contribution >= 0.6 is 0 Å². The molecule has 0 spiro atoms. The van der Waals surface area contributed by atoms with Gasteiger partial charge in [-0.25, -0.2) is 0 Å². The molecule has 1 nitrogen and oxygen atoms in total. The Kier molecular flexibility index (Phi) is 26.1. The molecule has 0 saturated carbocycles. The van der Waals surface area contributed by atoms with Crippen LogP contribution in [0.3, 0.4) is 0 Å². The molecule has 0 radical (unpaired) electrons. The van der Waals surface area contributed by atoms with Crippen molar-refractivity contribution in [3.05, 3.63) is 0 Å². The molecule has 0 aromatic heterocycles. The molecule has 0 unspecified atom stereocenters. The summed E-state index contributed by atoms with van der Waals surface area (Å²) in [7, 11) is 2.11. The number of nitrogens with zero attached hydrogens (tertiary/aromatic N) is 1. The zero-order valence-corrected chi connectivity index (χ0v) is 11.9. The third-order valence-electron chi connectivity index (χ3n) is 1.58. The molecule has 0 rings (SSSR count). The van der Waals surface area contributed by atoms with Crippen molar-refractivity contribution in [1.29, 1.82) is 0 Å². The first kappa shape index (κ1) is 19.5. The van der Waals surface area contributed by atoms with Crippen molar-refractivity contribution >= 4 is 0 Å². The summed E-state index contributed by atoms with van der Waals surface area (Å²) >= 11 is 0. The highest BCUT2D eigenvalue weighted by molar-refractivity contribution is 4.36. The van der Waals surface area contributed by atoms with E-state index >= 15 is 0 Å². The summed E-state index contributed by atoms with van der Waals surface area (Å²) in [6.07, 6.45) is 2.64. The maximum absolute atomic E-state index is 2.25. The number of hydrogen-bond donors (Lipinski definition) is 0. The molecule has 0 atom stereocenters. The average Bonchev–Trinajstić information content (AvgIpc) is 2.16. The predicted octanol–water partition coefficient (Wildman–Crippen LogP) is 4.43. The van der Waals surface area contributed by atoms with Crippen LogP contribution in [0.5, 0.6) is 0 Å².